The van der Waals surface area contributed by atoms with Crippen LogP contribution in [0.15, 0.2) is 59.5 Å². The second-order valence-corrected chi connectivity index (χ2v) is 9.60. The fourth-order valence-corrected chi connectivity index (χ4v) is 5.00. The van der Waals surface area contributed by atoms with E-state index >= 15 is 0 Å². The molecule has 0 saturated carbocycles. The van der Waals surface area contributed by atoms with E-state index < -0.39 is 16.1 Å². The average Bonchev–Trinajstić information content (AvgIpc) is 2.72. The Balaban J connectivity index is 1.69. The van der Waals surface area contributed by atoms with E-state index in [2.05, 4.69) is 9.62 Å². The van der Waals surface area contributed by atoms with Crippen molar-refractivity contribution in [1.82, 2.24) is 9.62 Å². The van der Waals surface area contributed by atoms with Gasteiger partial charge in [-0.25, -0.2) is 8.42 Å². The molecule has 0 spiro atoms. The molecule has 156 valence electrons. The van der Waals surface area contributed by atoms with Crippen LogP contribution in [0.5, 0.6) is 0 Å². The first-order valence-electron chi connectivity index (χ1n) is 9.64. The smallest absolute Gasteiger partial charge is 0.241 e. The number of piperazine rings is 1. The Kier molecular flexibility index (Phi) is 6.82. The molecule has 1 unspecified atom stereocenters. The van der Waals surface area contributed by atoms with E-state index in [4.69, 9.17) is 11.6 Å². The fraction of sp³-hybridized carbons (Fsp3) is 0.381. The lowest BCUT2D eigenvalue weighted by Crippen LogP contribution is -2.56. The highest BCUT2D eigenvalue weighted by atomic mass is 35.5. The molecule has 1 aliphatic heterocycles. The largest absolute Gasteiger partial charge is 0.368 e. The zero-order chi connectivity index (χ0) is 21.0. The number of hydrogen-bond donors (Lipinski definition) is 1. The summed E-state index contributed by atoms with van der Waals surface area (Å²) in [6.45, 7) is 6.20. The van der Waals surface area contributed by atoms with Crippen molar-refractivity contribution in [1.29, 1.82) is 0 Å². The van der Waals surface area contributed by atoms with Crippen molar-refractivity contribution >= 4 is 33.2 Å². The molecule has 0 aliphatic carbocycles. The van der Waals surface area contributed by atoms with Crippen LogP contribution >= 0.6 is 11.6 Å². The van der Waals surface area contributed by atoms with E-state index in [-0.39, 0.29) is 16.7 Å². The standard InChI is InChI=1S/C21H26ClN3O3S/c1-16(2)20(23-29(27,28)19-10-6-7-17(22)15-19)21(26)25-13-11-24(12-14-25)18-8-4-3-5-9-18/h3-10,15-16,20,23H,11-14H2,1-2H3. The molecule has 6 nitrogen and oxygen atoms in total. The van der Waals surface area contributed by atoms with Gasteiger partial charge in [-0.3, -0.25) is 4.79 Å². The van der Waals surface area contributed by atoms with Crippen molar-refractivity contribution in [2.24, 2.45) is 5.92 Å². The number of amides is 1. The highest BCUT2D eigenvalue weighted by molar-refractivity contribution is 7.89. The van der Waals surface area contributed by atoms with Crippen LogP contribution in [0.2, 0.25) is 5.02 Å². The number of carbonyl (C=O) groups is 1. The van der Waals surface area contributed by atoms with Crippen LogP contribution in [0.3, 0.4) is 0 Å². The number of benzene rings is 2. The van der Waals surface area contributed by atoms with Crippen LogP contribution in [0.4, 0.5) is 5.69 Å². The first kappa shape index (κ1) is 21.6. The number of para-hydroxylation sites is 1. The van der Waals surface area contributed by atoms with Gasteiger partial charge in [-0.1, -0.05) is 49.7 Å². The van der Waals surface area contributed by atoms with E-state index in [0.29, 0.717) is 31.2 Å². The second kappa shape index (κ2) is 9.15. The molecule has 0 radical (unpaired) electrons. The van der Waals surface area contributed by atoms with Crippen LogP contribution in [0.1, 0.15) is 13.8 Å². The Hall–Kier alpha value is -2.09. The Morgan fingerprint density at radius 2 is 1.66 bits per heavy atom. The zero-order valence-electron chi connectivity index (χ0n) is 16.6. The molecule has 0 bridgehead atoms. The molecule has 1 atom stereocenters. The molecule has 1 heterocycles. The molecule has 1 saturated heterocycles. The zero-order valence-corrected chi connectivity index (χ0v) is 18.2. The number of nitrogens with one attached hydrogen (secondary N) is 1. The van der Waals surface area contributed by atoms with Crippen LogP contribution in [-0.2, 0) is 14.8 Å². The predicted molar refractivity (Wildman–Crippen MR) is 116 cm³/mol. The van der Waals surface area contributed by atoms with Gasteiger partial charge in [0.1, 0.15) is 6.04 Å². The van der Waals surface area contributed by atoms with Crippen molar-refractivity contribution in [3.05, 3.63) is 59.6 Å². The number of sulfonamides is 1. The Morgan fingerprint density at radius 1 is 1.00 bits per heavy atom. The molecule has 8 heteroatoms. The van der Waals surface area contributed by atoms with E-state index in [9.17, 15) is 13.2 Å². The minimum Gasteiger partial charge on any atom is -0.368 e. The van der Waals surface area contributed by atoms with Crippen molar-refractivity contribution in [3.63, 3.8) is 0 Å². The molecule has 1 N–H and O–H groups in total. The monoisotopic (exact) mass is 435 g/mol. The molecule has 2 aromatic rings. The summed E-state index contributed by atoms with van der Waals surface area (Å²) in [5.74, 6) is -0.387. The normalized spacial score (nSPS) is 16.1. The Labute approximate surface area is 177 Å². The van der Waals surface area contributed by atoms with Crippen LogP contribution in [0, 0.1) is 5.92 Å². The molecule has 29 heavy (non-hydrogen) atoms. The Morgan fingerprint density at radius 3 is 2.24 bits per heavy atom. The molecule has 1 amide bonds. The summed E-state index contributed by atoms with van der Waals surface area (Å²) in [5, 5.41) is 0.331. The molecule has 0 aromatic heterocycles. The second-order valence-electron chi connectivity index (χ2n) is 7.45. The third-order valence-electron chi connectivity index (χ3n) is 5.03. The summed E-state index contributed by atoms with van der Waals surface area (Å²) in [6.07, 6.45) is 0. The SMILES string of the molecule is CC(C)C(NS(=O)(=O)c1cccc(Cl)c1)C(=O)N1CCN(c2ccccc2)CC1. The van der Waals surface area contributed by atoms with Crippen molar-refractivity contribution in [2.45, 2.75) is 24.8 Å². The van der Waals surface area contributed by atoms with E-state index in [1.54, 1.807) is 17.0 Å². The highest BCUT2D eigenvalue weighted by Gasteiger charge is 2.33. The summed E-state index contributed by atoms with van der Waals surface area (Å²) in [6, 6.07) is 15.3. The quantitative estimate of drug-likeness (QED) is 0.757. The molecular formula is C21H26ClN3O3S. The average molecular weight is 436 g/mol. The first-order chi connectivity index (χ1) is 13.8. The molecule has 2 aromatic carbocycles. The van der Waals surface area contributed by atoms with Crippen LogP contribution < -0.4 is 9.62 Å². The molecule has 1 fully saturated rings. The summed E-state index contributed by atoms with van der Waals surface area (Å²) >= 11 is 5.93. The molecule has 1 aliphatic rings. The molecule has 3 rings (SSSR count). The molecular weight excluding hydrogens is 410 g/mol. The lowest BCUT2D eigenvalue weighted by molar-refractivity contribution is -0.134. The lowest BCUT2D eigenvalue weighted by atomic mass is 10.0. The van der Waals surface area contributed by atoms with Gasteiger partial charge in [-0.2, -0.15) is 4.72 Å². The number of hydrogen-bond acceptors (Lipinski definition) is 4. The maximum Gasteiger partial charge on any atom is 0.241 e. The maximum absolute atomic E-state index is 13.1. The third kappa shape index (κ3) is 5.29. The summed E-state index contributed by atoms with van der Waals surface area (Å²) in [7, 11) is -3.86. The number of anilines is 1. The van der Waals surface area contributed by atoms with Gasteiger partial charge in [0.15, 0.2) is 0 Å². The number of nitrogens with zero attached hydrogens (tertiary/aromatic N) is 2. The van der Waals surface area contributed by atoms with Gasteiger partial charge < -0.3 is 9.80 Å². The van der Waals surface area contributed by atoms with E-state index in [1.165, 1.54) is 12.1 Å². The maximum atomic E-state index is 13.1. The lowest BCUT2D eigenvalue weighted by Gasteiger charge is -2.38. The van der Waals surface area contributed by atoms with Crippen LogP contribution in [0.25, 0.3) is 0 Å². The number of rotatable bonds is 6. The first-order valence-corrected chi connectivity index (χ1v) is 11.5. The minimum atomic E-state index is -3.86. The van der Waals surface area contributed by atoms with Crippen molar-refractivity contribution in [2.75, 3.05) is 31.1 Å². The van der Waals surface area contributed by atoms with E-state index in [0.717, 1.165) is 5.69 Å². The van der Waals surface area contributed by atoms with Gasteiger partial charge in [0.2, 0.25) is 15.9 Å². The number of carbonyl (C=O) groups excluding carboxylic acids is 1. The highest BCUT2D eigenvalue weighted by Crippen LogP contribution is 2.19. The fourth-order valence-electron chi connectivity index (χ4n) is 3.36. The topological polar surface area (TPSA) is 69.7 Å². The third-order valence-corrected chi connectivity index (χ3v) is 6.71. The Bertz CT molecular complexity index is 943. The minimum absolute atomic E-state index is 0.0531. The summed E-state index contributed by atoms with van der Waals surface area (Å²) in [5.41, 5.74) is 1.13. The summed E-state index contributed by atoms with van der Waals surface area (Å²) < 4.78 is 28.1. The van der Waals surface area contributed by atoms with Gasteiger partial charge in [0.05, 0.1) is 4.90 Å². The van der Waals surface area contributed by atoms with Gasteiger partial charge >= 0.3 is 0 Å². The number of halogens is 1. The van der Waals surface area contributed by atoms with Crippen molar-refractivity contribution in [3.8, 4) is 0 Å². The van der Waals surface area contributed by atoms with Crippen LogP contribution in [-0.4, -0.2) is 51.4 Å². The van der Waals surface area contributed by atoms with Gasteiger partial charge in [-0.15, -0.1) is 0 Å². The van der Waals surface area contributed by atoms with Gasteiger partial charge in [0.25, 0.3) is 0 Å². The van der Waals surface area contributed by atoms with Gasteiger partial charge in [0, 0.05) is 36.9 Å². The summed E-state index contributed by atoms with van der Waals surface area (Å²) in [4.78, 5) is 17.1. The predicted octanol–water partition coefficient (Wildman–Crippen LogP) is 2.99. The van der Waals surface area contributed by atoms with E-state index in [1.807, 2.05) is 44.2 Å². The van der Waals surface area contributed by atoms with Crippen molar-refractivity contribution < 1.29 is 13.2 Å². The van der Waals surface area contributed by atoms with Gasteiger partial charge in [-0.05, 0) is 36.2 Å².